The van der Waals surface area contributed by atoms with Crippen LogP contribution in [0.15, 0.2) is 23.3 Å². The van der Waals surface area contributed by atoms with Crippen LogP contribution in [0.1, 0.15) is 106 Å². The molecular weight excluding hydrogens is 292 g/mol. The summed E-state index contributed by atoms with van der Waals surface area (Å²) in [5.74, 6) is 2.01. The fraction of sp³-hybridized carbons (Fsp3) is 0.783. The van der Waals surface area contributed by atoms with Gasteiger partial charge in [-0.2, -0.15) is 0 Å². The van der Waals surface area contributed by atoms with Crippen molar-refractivity contribution in [1.29, 1.82) is 0 Å². The Morgan fingerprint density at radius 2 is 1.29 bits per heavy atom. The highest BCUT2D eigenvalue weighted by molar-refractivity contribution is 5.75. The van der Waals surface area contributed by atoms with Gasteiger partial charge in [-0.3, -0.25) is 0 Å². The molecule has 0 saturated heterocycles. The lowest BCUT2D eigenvalue weighted by molar-refractivity contribution is -0.116. The predicted octanol–water partition coefficient (Wildman–Crippen LogP) is 7.66. The lowest BCUT2D eigenvalue weighted by atomic mass is 9.94. The van der Waals surface area contributed by atoms with Gasteiger partial charge in [0.05, 0.1) is 0 Å². The molecule has 0 N–H and O–H groups in total. The number of carbonyl (C=O) groups is 1. The zero-order valence-corrected chi connectivity index (χ0v) is 17.3. The predicted molar refractivity (Wildman–Crippen MR) is 108 cm³/mol. The summed E-state index contributed by atoms with van der Waals surface area (Å²) in [4.78, 5) is 10.9. The molecule has 1 heteroatoms. The SMILES string of the molecule is CC(=O)CC/C=C(\C)CC/C=C(\C)CCCC(C)CCCC(C)C. The van der Waals surface area contributed by atoms with Crippen molar-refractivity contribution >= 4 is 5.78 Å². The Hall–Kier alpha value is -0.850. The van der Waals surface area contributed by atoms with Gasteiger partial charge in [0.2, 0.25) is 0 Å². The number of carbonyl (C=O) groups excluding carboxylic acids is 1. The van der Waals surface area contributed by atoms with Crippen molar-refractivity contribution in [1.82, 2.24) is 0 Å². The standard InChI is InChI=1S/C23H42O/c1-19(2)11-7-12-20(3)13-8-14-21(4)15-9-16-22(5)17-10-18-23(6)24/h15,17,19-20H,7-14,16,18H2,1-6H3/b21-15+,22-17+. The summed E-state index contributed by atoms with van der Waals surface area (Å²) in [6, 6.07) is 0. The summed E-state index contributed by atoms with van der Waals surface area (Å²) < 4.78 is 0. The summed E-state index contributed by atoms with van der Waals surface area (Å²) in [5, 5.41) is 0. The van der Waals surface area contributed by atoms with E-state index in [1.807, 2.05) is 0 Å². The van der Waals surface area contributed by atoms with Crippen LogP contribution >= 0.6 is 0 Å². The average molecular weight is 335 g/mol. The van der Waals surface area contributed by atoms with Crippen LogP contribution in [0.2, 0.25) is 0 Å². The van der Waals surface area contributed by atoms with E-state index in [4.69, 9.17) is 0 Å². The Balaban J connectivity index is 3.77. The topological polar surface area (TPSA) is 17.1 Å². The third-order valence-corrected chi connectivity index (χ3v) is 4.77. The monoisotopic (exact) mass is 334 g/mol. The van der Waals surface area contributed by atoms with Crippen LogP contribution in [-0.2, 0) is 4.79 Å². The zero-order valence-electron chi connectivity index (χ0n) is 17.3. The lowest BCUT2D eigenvalue weighted by Crippen LogP contribution is -1.97. The van der Waals surface area contributed by atoms with E-state index < -0.39 is 0 Å². The largest absolute Gasteiger partial charge is 0.300 e. The summed E-state index contributed by atoms with van der Waals surface area (Å²) in [5.41, 5.74) is 2.96. The van der Waals surface area contributed by atoms with Crippen LogP contribution in [0.4, 0.5) is 0 Å². The molecule has 24 heavy (non-hydrogen) atoms. The Bertz CT molecular complexity index is 387. The molecule has 0 aromatic carbocycles. The van der Waals surface area contributed by atoms with Gasteiger partial charge in [-0.05, 0) is 64.7 Å². The zero-order chi connectivity index (χ0) is 18.4. The molecule has 1 nitrogen and oxygen atoms in total. The molecule has 0 bridgehead atoms. The van der Waals surface area contributed by atoms with Crippen molar-refractivity contribution in [3.05, 3.63) is 23.3 Å². The van der Waals surface area contributed by atoms with E-state index in [1.165, 1.54) is 44.1 Å². The van der Waals surface area contributed by atoms with Crippen LogP contribution in [0.5, 0.6) is 0 Å². The molecule has 0 aromatic heterocycles. The highest BCUT2D eigenvalue weighted by Gasteiger charge is 2.03. The van der Waals surface area contributed by atoms with Crippen LogP contribution in [0, 0.1) is 11.8 Å². The van der Waals surface area contributed by atoms with Gasteiger partial charge in [0, 0.05) is 6.42 Å². The van der Waals surface area contributed by atoms with E-state index in [1.54, 1.807) is 12.5 Å². The summed E-state index contributed by atoms with van der Waals surface area (Å²) >= 11 is 0. The molecule has 0 aliphatic carbocycles. The van der Waals surface area contributed by atoms with E-state index in [0.717, 1.165) is 31.1 Å². The van der Waals surface area contributed by atoms with Crippen LogP contribution in [0.25, 0.3) is 0 Å². The molecule has 0 fully saturated rings. The van der Waals surface area contributed by atoms with E-state index in [0.29, 0.717) is 6.42 Å². The van der Waals surface area contributed by atoms with Crippen molar-refractivity contribution in [3.8, 4) is 0 Å². The van der Waals surface area contributed by atoms with E-state index >= 15 is 0 Å². The number of rotatable bonds is 14. The molecule has 1 atom stereocenters. The molecule has 140 valence electrons. The highest BCUT2D eigenvalue weighted by atomic mass is 16.1. The Morgan fingerprint density at radius 3 is 1.88 bits per heavy atom. The molecule has 0 radical (unpaired) electrons. The van der Waals surface area contributed by atoms with Crippen LogP contribution in [0.3, 0.4) is 0 Å². The lowest BCUT2D eigenvalue weighted by Gasteiger charge is -2.12. The fourth-order valence-electron chi connectivity index (χ4n) is 3.02. The second-order valence-electron chi connectivity index (χ2n) is 8.20. The van der Waals surface area contributed by atoms with Gasteiger partial charge < -0.3 is 4.79 Å². The quantitative estimate of drug-likeness (QED) is 0.298. The van der Waals surface area contributed by atoms with E-state index in [9.17, 15) is 4.79 Å². The van der Waals surface area contributed by atoms with Gasteiger partial charge in [0.25, 0.3) is 0 Å². The molecule has 0 spiro atoms. The van der Waals surface area contributed by atoms with Crippen molar-refractivity contribution in [2.75, 3.05) is 0 Å². The van der Waals surface area contributed by atoms with Crippen LogP contribution < -0.4 is 0 Å². The van der Waals surface area contributed by atoms with Crippen molar-refractivity contribution in [3.63, 3.8) is 0 Å². The van der Waals surface area contributed by atoms with Gasteiger partial charge in [0.1, 0.15) is 5.78 Å². The Kier molecular flexibility index (Phi) is 14.0. The summed E-state index contributed by atoms with van der Waals surface area (Å²) in [7, 11) is 0. The van der Waals surface area contributed by atoms with Gasteiger partial charge in [-0.25, -0.2) is 0 Å². The summed E-state index contributed by atoms with van der Waals surface area (Å²) in [6.45, 7) is 13.2. The van der Waals surface area contributed by atoms with Crippen molar-refractivity contribution < 1.29 is 4.79 Å². The molecule has 1 unspecified atom stereocenters. The number of allylic oxidation sites excluding steroid dienone is 4. The number of Topliss-reactive ketones (excluding diaryl/α,β-unsaturated/α-hetero) is 1. The van der Waals surface area contributed by atoms with Gasteiger partial charge >= 0.3 is 0 Å². The van der Waals surface area contributed by atoms with E-state index in [-0.39, 0.29) is 5.78 Å². The molecule has 0 saturated carbocycles. The third kappa shape index (κ3) is 16.0. The van der Waals surface area contributed by atoms with Gasteiger partial charge in [0.15, 0.2) is 0 Å². The summed E-state index contributed by atoms with van der Waals surface area (Å²) in [6.07, 6.45) is 16.6. The first-order valence-electron chi connectivity index (χ1n) is 10.1. The maximum absolute atomic E-state index is 10.9. The Morgan fingerprint density at radius 1 is 0.750 bits per heavy atom. The second-order valence-corrected chi connectivity index (χ2v) is 8.20. The maximum atomic E-state index is 10.9. The molecule has 0 aromatic rings. The molecular formula is C23H42O. The fourth-order valence-corrected chi connectivity index (χ4v) is 3.02. The molecule has 0 aliphatic rings. The molecule has 0 aliphatic heterocycles. The first-order valence-corrected chi connectivity index (χ1v) is 10.1. The minimum atomic E-state index is 0.285. The molecule has 0 heterocycles. The van der Waals surface area contributed by atoms with Crippen molar-refractivity contribution in [2.24, 2.45) is 11.8 Å². The second kappa shape index (κ2) is 14.5. The third-order valence-electron chi connectivity index (χ3n) is 4.77. The molecule has 0 amide bonds. The molecule has 0 rings (SSSR count). The number of ketones is 1. The minimum Gasteiger partial charge on any atom is -0.300 e. The number of hydrogen-bond donors (Lipinski definition) is 0. The van der Waals surface area contributed by atoms with Gasteiger partial charge in [-0.15, -0.1) is 0 Å². The first kappa shape index (κ1) is 23.1. The minimum absolute atomic E-state index is 0.285. The van der Waals surface area contributed by atoms with Gasteiger partial charge in [-0.1, -0.05) is 69.8 Å². The Labute approximate surface area is 152 Å². The maximum Gasteiger partial charge on any atom is 0.130 e. The average Bonchev–Trinajstić information content (AvgIpc) is 2.46. The van der Waals surface area contributed by atoms with Crippen molar-refractivity contribution in [2.45, 2.75) is 106 Å². The van der Waals surface area contributed by atoms with E-state index in [2.05, 4.69) is 46.8 Å². The van der Waals surface area contributed by atoms with Crippen LogP contribution in [-0.4, -0.2) is 5.78 Å². The normalized spacial score (nSPS) is 14.3. The highest BCUT2D eigenvalue weighted by Crippen LogP contribution is 2.19. The number of hydrogen-bond acceptors (Lipinski definition) is 1. The first-order chi connectivity index (χ1) is 11.3. The smallest absolute Gasteiger partial charge is 0.130 e.